The van der Waals surface area contributed by atoms with Crippen LogP contribution in [-0.4, -0.2) is 20.5 Å². The van der Waals surface area contributed by atoms with E-state index >= 15 is 0 Å². The summed E-state index contributed by atoms with van der Waals surface area (Å²) in [5.74, 6) is -0.868. The predicted molar refractivity (Wildman–Crippen MR) is 79.6 cm³/mol. The smallest absolute Gasteiger partial charge is 0.309 e. The number of aryl methyl sites for hydroxylation is 1. The molecule has 6 heteroatoms. The number of aromatic nitrogens is 2. The van der Waals surface area contributed by atoms with Gasteiger partial charge in [-0.2, -0.15) is 0 Å². The summed E-state index contributed by atoms with van der Waals surface area (Å²) in [6.07, 6.45) is -0.0588. The first-order valence-corrected chi connectivity index (χ1v) is 7.25. The predicted octanol–water partition coefficient (Wildman–Crippen LogP) is 3.65. The van der Waals surface area contributed by atoms with Gasteiger partial charge in [0.2, 0.25) is 0 Å². The molecule has 0 aliphatic carbocycles. The maximum Gasteiger partial charge on any atom is 0.309 e. The number of hydrogen-bond donors (Lipinski definition) is 1. The molecule has 0 saturated carbocycles. The number of aliphatic carboxylic acids is 1. The van der Waals surface area contributed by atoms with E-state index in [4.69, 9.17) is 16.7 Å². The third-order valence-corrected chi connectivity index (χ3v) is 4.26. The first-order valence-electron chi connectivity index (χ1n) is 5.99. The SMILES string of the molecule is Cc1csc2nc(-c3ccc(Cl)cc3)c(CC(=O)O)n12. The summed E-state index contributed by atoms with van der Waals surface area (Å²) >= 11 is 7.40. The van der Waals surface area contributed by atoms with Crippen LogP contribution in [0.1, 0.15) is 11.4 Å². The summed E-state index contributed by atoms with van der Waals surface area (Å²) in [5, 5.41) is 11.7. The van der Waals surface area contributed by atoms with E-state index in [0.717, 1.165) is 16.2 Å². The second-order valence-electron chi connectivity index (χ2n) is 4.48. The Morgan fingerprint density at radius 1 is 1.40 bits per heavy atom. The number of carbonyl (C=O) groups is 1. The Morgan fingerprint density at radius 2 is 2.10 bits per heavy atom. The Balaban J connectivity index is 2.23. The van der Waals surface area contributed by atoms with Crippen molar-refractivity contribution in [3.63, 3.8) is 0 Å². The quantitative estimate of drug-likeness (QED) is 0.803. The highest BCUT2D eigenvalue weighted by Crippen LogP contribution is 2.29. The zero-order valence-electron chi connectivity index (χ0n) is 10.6. The van der Waals surface area contributed by atoms with Crippen molar-refractivity contribution in [2.45, 2.75) is 13.3 Å². The molecule has 0 bridgehead atoms. The fourth-order valence-electron chi connectivity index (χ4n) is 2.21. The van der Waals surface area contributed by atoms with E-state index in [1.54, 1.807) is 12.1 Å². The molecule has 3 rings (SSSR count). The molecule has 0 saturated heterocycles. The average molecular weight is 307 g/mol. The van der Waals surface area contributed by atoms with Gasteiger partial charge in [0.1, 0.15) is 0 Å². The number of rotatable bonds is 3. The molecule has 0 aliphatic heterocycles. The summed E-state index contributed by atoms with van der Waals surface area (Å²) < 4.78 is 1.91. The summed E-state index contributed by atoms with van der Waals surface area (Å²) in [6, 6.07) is 7.27. The van der Waals surface area contributed by atoms with Gasteiger partial charge in [-0.25, -0.2) is 4.98 Å². The molecule has 0 amide bonds. The van der Waals surface area contributed by atoms with Gasteiger partial charge in [0.25, 0.3) is 0 Å². The number of thiazole rings is 1. The van der Waals surface area contributed by atoms with Crippen molar-refractivity contribution >= 4 is 33.9 Å². The van der Waals surface area contributed by atoms with E-state index < -0.39 is 5.97 Å². The first-order chi connectivity index (χ1) is 9.56. The molecule has 20 heavy (non-hydrogen) atoms. The lowest BCUT2D eigenvalue weighted by atomic mass is 10.1. The Morgan fingerprint density at radius 3 is 2.75 bits per heavy atom. The van der Waals surface area contributed by atoms with Crippen molar-refractivity contribution in [1.82, 2.24) is 9.38 Å². The molecule has 4 nitrogen and oxygen atoms in total. The van der Waals surface area contributed by atoms with Gasteiger partial charge < -0.3 is 5.11 Å². The van der Waals surface area contributed by atoms with Crippen LogP contribution in [0.4, 0.5) is 0 Å². The molecule has 0 aliphatic rings. The van der Waals surface area contributed by atoms with Crippen LogP contribution in [0.15, 0.2) is 29.6 Å². The number of hydrogen-bond acceptors (Lipinski definition) is 3. The maximum absolute atomic E-state index is 11.1. The van der Waals surface area contributed by atoms with Crippen LogP contribution in [0.25, 0.3) is 16.2 Å². The molecule has 2 heterocycles. The second-order valence-corrected chi connectivity index (χ2v) is 5.75. The van der Waals surface area contributed by atoms with Gasteiger partial charge in [-0.1, -0.05) is 23.7 Å². The minimum Gasteiger partial charge on any atom is -0.481 e. The largest absolute Gasteiger partial charge is 0.481 e. The number of nitrogens with zero attached hydrogens (tertiary/aromatic N) is 2. The third kappa shape index (κ3) is 2.19. The number of fused-ring (bicyclic) bond motifs is 1. The Hall–Kier alpha value is -1.85. The highest BCUT2D eigenvalue weighted by molar-refractivity contribution is 7.15. The minimum atomic E-state index is -0.868. The monoisotopic (exact) mass is 306 g/mol. The molecule has 2 aromatic heterocycles. The number of benzene rings is 1. The summed E-state index contributed by atoms with van der Waals surface area (Å²) in [6.45, 7) is 1.95. The number of carboxylic acid groups (broad SMARTS) is 1. The normalized spacial score (nSPS) is 11.1. The molecule has 102 valence electrons. The standard InChI is InChI=1S/C14H11ClN2O2S/c1-8-7-20-14-16-13(9-2-4-10(15)5-3-9)11(17(8)14)6-12(18)19/h2-5,7H,6H2,1H3,(H,18,19). The topological polar surface area (TPSA) is 54.6 Å². The molecule has 1 N–H and O–H groups in total. The molecular formula is C14H11ClN2O2S. The van der Waals surface area contributed by atoms with Gasteiger partial charge in [-0.3, -0.25) is 9.20 Å². The highest BCUT2D eigenvalue weighted by Gasteiger charge is 2.18. The fourth-order valence-corrected chi connectivity index (χ4v) is 3.22. The minimum absolute atomic E-state index is 0.0588. The van der Waals surface area contributed by atoms with Crippen LogP contribution in [0.2, 0.25) is 5.02 Å². The molecule has 0 unspecified atom stereocenters. The van der Waals surface area contributed by atoms with Crippen molar-refractivity contribution < 1.29 is 9.90 Å². The third-order valence-electron chi connectivity index (χ3n) is 3.07. The van der Waals surface area contributed by atoms with Crippen molar-refractivity contribution in [2.24, 2.45) is 0 Å². The van der Waals surface area contributed by atoms with E-state index in [-0.39, 0.29) is 6.42 Å². The van der Waals surface area contributed by atoms with Gasteiger partial charge in [-0.05, 0) is 19.1 Å². The Bertz CT molecular complexity index is 789. The van der Waals surface area contributed by atoms with Crippen LogP contribution in [-0.2, 0) is 11.2 Å². The van der Waals surface area contributed by atoms with E-state index in [2.05, 4.69) is 4.98 Å². The molecule has 0 spiro atoms. The zero-order chi connectivity index (χ0) is 14.3. The highest BCUT2D eigenvalue weighted by atomic mass is 35.5. The lowest BCUT2D eigenvalue weighted by Gasteiger charge is -2.03. The van der Waals surface area contributed by atoms with Crippen LogP contribution in [0.3, 0.4) is 0 Å². The number of carboxylic acids is 1. The van der Waals surface area contributed by atoms with Crippen LogP contribution in [0.5, 0.6) is 0 Å². The summed E-state index contributed by atoms with van der Waals surface area (Å²) in [4.78, 5) is 16.5. The van der Waals surface area contributed by atoms with Gasteiger partial charge in [0.15, 0.2) is 4.96 Å². The van der Waals surface area contributed by atoms with Crippen molar-refractivity contribution in [3.05, 3.63) is 46.1 Å². The molecule has 0 fully saturated rings. The molecule has 0 radical (unpaired) electrons. The lowest BCUT2D eigenvalue weighted by molar-refractivity contribution is -0.136. The second kappa shape index (κ2) is 4.92. The van der Waals surface area contributed by atoms with E-state index in [1.807, 2.05) is 28.8 Å². The average Bonchev–Trinajstić information content (AvgIpc) is 2.92. The van der Waals surface area contributed by atoms with Gasteiger partial charge in [-0.15, -0.1) is 11.3 Å². The van der Waals surface area contributed by atoms with Gasteiger partial charge in [0.05, 0.1) is 17.8 Å². The fraction of sp³-hybridized carbons (Fsp3) is 0.143. The molecular weight excluding hydrogens is 296 g/mol. The van der Waals surface area contributed by atoms with E-state index in [0.29, 0.717) is 16.4 Å². The summed E-state index contributed by atoms with van der Waals surface area (Å²) in [5.41, 5.74) is 3.28. The van der Waals surface area contributed by atoms with Crippen molar-refractivity contribution in [3.8, 4) is 11.3 Å². The van der Waals surface area contributed by atoms with E-state index in [9.17, 15) is 4.79 Å². The Labute approximate surface area is 124 Å². The summed E-state index contributed by atoms with van der Waals surface area (Å²) in [7, 11) is 0. The van der Waals surface area contributed by atoms with Crippen LogP contribution < -0.4 is 0 Å². The van der Waals surface area contributed by atoms with Gasteiger partial charge in [0, 0.05) is 21.7 Å². The maximum atomic E-state index is 11.1. The van der Waals surface area contributed by atoms with Crippen molar-refractivity contribution in [1.29, 1.82) is 0 Å². The number of imidazole rings is 1. The van der Waals surface area contributed by atoms with Gasteiger partial charge >= 0.3 is 5.97 Å². The van der Waals surface area contributed by atoms with Crippen LogP contribution in [0, 0.1) is 6.92 Å². The van der Waals surface area contributed by atoms with E-state index in [1.165, 1.54) is 11.3 Å². The molecule has 1 aromatic carbocycles. The lowest BCUT2D eigenvalue weighted by Crippen LogP contribution is -2.05. The Kier molecular flexibility index (Phi) is 3.23. The molecule has 3 aromatic rings. The zero-order valence-corrected chi connectivity index (χ0v) is 12.2. The number of halogens is 1. The van der Waals surface area contributed by atoms with Crippen LogP contribution >= 0.6 is 22.9 Å². The first kappa shape index (κ1) is 13.1. The molecule has 0 atom stereocenters. The van der Waals surface area contributed by atoms with Crippen molar-refractivity contribution in [2.75, 3.05) is 0 Å².